The fraction of sp³-hybridized carbons (Fsp3) is 0.125. The lowest BCUT2D eigenvalue weighted by molar-refractivity contribution is -0.139. The predicted molar refractivity (Wildman–Crippen MR) is 142 cm³/mol. The average Bonchev–Trinajstić information content (AvgIpc) is 3.25. The van der Waals surface area contributed by atoms with Crippen molar-refractivity contribution in [1.29, 1.82) is 0 Å². The summed E-state index contributed by atoms with van der Waals surface area (Å²) in [6, 6.07) is 32.0. The second kappa shape index (κ2) is 10.8. The van der Waals surface area contributed by atoms with Crippen molar-refractivity contribution in [2.75, 3.05) is 6.61 Å². The standard InChI is InChI=1S/C32H25NO4/c34-31(35)30(20-24-18-16-23(17-19-24)15-14-22-8-2-1-3-9-22)33-32(36)37-21-29-27-12-6-4-10-25(27)26-11-5-7-13-28(26)29/h1-13,16-19,29-30H,20-21H2,(H,33,36)(H,34,35). The number of carboxylic acid groups (broad SMARTS) is 1. The van der Waals surface area contributed by atoms with Crippen LogP contribution < -0.4 is 5.32 Å². The van der Waals surface area contributed by atoms with Gasteiger partial charge in [0.05, 0.1) is 0 Å². The van der Waals surface area contributed by atoms with Gasteiger partial charge in [0, 0.05) is 23.5 Å². The van der Waals surface area contributed by atoms with Crippen molar-refractivity contribution < 1.29 is 19.4 Å². The zero-order chi connectivity index (χ0) is 25.6. The van der Waals surface area contributed by atoms with E-state index in [0.29, 0.717) is 0 Å². The van der Waals surface area contributed by atoms with Crippen LogP contribution in [-0.2, 0) is 16.0 Å². The van der Waals surface area contributed by atoms with Gasteiger partial charge in [0.25, 0.3) is 0 Å². The van der Waals surface area contributed by atoms with Gasteiger partial charge in [-0.3, -0.25) is 0 Å². The van der Waals surface area contributed by atoms with E-state index >= 15 is 0 Å². The topological polar surface area (TPSA) is 75.6 Å². The second-order valence-corrected chi connectivity index (χ2v) is 8.88. The van der Waals surface area contributed by atoms with Crippen LogP contribution in [0.25, 0.3) is 11.1 Å². The molecular weight excluding hydrogens is 462 g/mol. The molecular formula is C32H25NO4. The van der Waals surface area contributed by atoms with Crippen molar-refractivity contribution >= 4 is 12.1 Å². The molecule has 4 aromatic carbocycles. The maximum Gasteiger partial charge on any atom is 0.407 e. The molecule has 1 atom stereocenters. The Morgan fingerprint density at radius 3 is 1.89 bits per heavy atom. The molecule has 0 bridgehead atoms. The Morgan fingerprint density at radius 1 is 0.757 bits per heavy atom. The number of carbonyl (C=O) groups excluding carboxylic acids is 1. The molecule has 0 saturated carbocycles. The molecule has 0 fully saturated rings. The highest BCUT2D eigenvalue weighted by Crippen LogP contribution is 2.44. The monoisotopic (exact) mass is 487 g/mol. The summed E-state index contributed by atoms with van der Waals surface area (Å²) in [5.41, 5.74) is 6.98. The van der Waals surface area contributed by atoms with Gasteiger partial charge in [-0.15, -0.1) is 0 Å². The van der Waals surface area contributed by atoms with Crippen LogP contribution >= 0.6 is 0 Å². The number of carbonyl (C=O) groups is 2. The van der Waals surface area contributed by atoms with E-state index in [1.165, 1.54) is 0 Å². The summed E-state index contributed by atoms with van der Waals surface area (Å²) in [5.74, 6) is 4.98. The van der Waals surface area contributed by atoms with Crippen LogP contribution in [0.3, 0.4) is 0 Å². The summed E-state index contributed by atoms with van der Waals surface area (Å²) in [6.45, 7) is 0.126. The number of benzene rings is 4. The molecule has 1 aliphatic carbocycles. The maximum atomic E-state index is 12.6. The minimum absolute atomic E-state index is 0.0917. The summed E-state index contributed by atoms with van der Waals surface area (Å²) in [5, 5.41) is 12.2. The van der Waals surface area contributed by atoms with Crippen LogP contribution in [0.5, 0.6) is 0 Å². The first-order valence-corrected chi connectivity index (χ1v) is 12.1. The molecule has 0 spiro atoms. The van der Waals surface area contributed by atoms with Crippen LogP contribution in [0.4, 0.5) is 4.79 Å². The van der Waals surface area contributed by atoms with Crippen molar-refractivity contribution in [1.82, 2.24) is 5.32 Å². The highest BCUT2D eigenvalue weighted by atomic mass is 16.5. The number of fused-ring (bicyclic) bond motifs is 3. The quantitative estimate of drug-likeness (QED) is 0.346. The van der Waals surface area contributed by atoms with Crippen LogP contribution in [0.1, 0.15) is 33.7 Å². The number of aliphatic carboxylic acids is 1. The normalized spacial score (nSPS) is 12.4. The van der Waals surface area contributed by atoms with E-state index < -0.39 is 18.1 Å². The number of carboxylic acids is 1. The molecule has 37 heavy (non-hydrogen) atoms. The molecule has 4 aromatic rings. The Hall–Kier alpha value is -4.82. The molecule has 182 valence electrons. The Kier molecular flexibility index (Phi) is 7.00. The molecule has 1 amide bonds. The van der Waals surface area contributed by atoms with Gasteiger partial charge >= 0.3 is 12.1 Å². The SMILES string of the molecule is O=C(NC(Cc1ccc(C#Cc2ccccc2)cc1)C(=O)O)OCC1c2ccccc2-c2ccccc21. The first-order chi connectivity index (χ1) is 18.1. The van der Waals surface area contributed by atoms with E-state index in [2.05, 4.69) is 29.3 Å². The van der Waals surface area contributed by atoms with Gasteiger partial charge in [0.2, 0.25) is 0 Å². The van der Waals surface area contributed by atoms with Crippen molar-refractivity contribution in [3.8, 4) is 23.0 Å². The van der Waals surface area contributed by atoms with E-state index in [1.807, 2.05) is 91.0 Å². The Balaban J connectivity index is 1.20. The molecule has 0 saturated heterocycles. The summed E-state index contributed by atoms with van der Waals surface area (Å²) in [7, 11) is 0. The third-order valence-corrected chi connectivity index (χ3v) is 6.45. The van der Waals surface area contributed by atoms with E-state index in [9.17, 15) is 14.7 Å². The first kappa shape index (κ1) is 23.9. The minimum Gasteiger partial charge on any atom is -0.480 e. The van der Waals surface area contributed by atoms with Crippen LogP contribution in [-0.4, -0.2) is 29.8 Å². The minimum atomic E-state index is -1.12. The van der Waals surface area contributed by atoms with Gasteiger partial charge in [-0.25, -0.2) is 9.59 Å². The van der Waals surface area contributed by atoms with Gasteiger partial charge in [-0.05, 0) is 52.1 Å². The van der Waals surface area contributed by atoms with Crippen molar-refractivity contribution in [3.63, 3.8) is 0 Å². The molecule has 5 rings (SSSR count). The third kappa shape index (κ3) is 5.55. The van der Waals surface area contributed by atoms with Gasteiger partial charge < -0.3 is 15.2 Å². The lowest BCUT2D eigenvalue weighted by atomic mass is 9.98. The third-order valence-electron chi connectivity index (χ3n) is 6.45. The molecule has 5 nitrogen and oxygen atoms in total. The number of alkyl carbamates (subject to hydrolysis) is 1. The summed E-state index contributed by atoms with van der Waals surface area (Å²) >= 11 is 0. The number of amides is 1. The predicted octanol–water partition coefficient (Wildman–Crippen LogP) is 5.62. The highest BCUT2D eigenvalue weighted by Gasteiger charge is 2.29. The van der Waals surface area contributed by atoms with E-state index in [0.717, 1.165) is 38.9 Å². The molecule has 0 aliphatic heterocycles. The molecule has 0 heterocycles. The molecule has 0 aromatic heterocycles. The fourth-order valence-electron chi connectivity index (χ4n) is 4.61. The van der Waals surface area contributed by atoms with Crippen molar-refractivity contribution in [2.24, 2.45) is 0 Å². The van der Waals surface area contributed by atoms with E-state index in [4.69, 9.17) is 4.74 Å². The largest absolute Gasteiger partial charge is 0.480 e. The first-order valence-electron chi connectivity index (χ1n) is 12.1. The van der Waals surface area contributed by atoms with E-state index in [-0.39, 0.29) is 18.9 Å². The average molecular weight is 488 g/mol. The number of hydrogen-bond donors (Lipinski definition) is 2. The number of ether oxygens (including phenoxy) is 1. The Bertz CT molecular complexity index is 1440. The Labute approximate surface area is 215 Å². The summed E-state index contributed by atoms with van der Waals surface area (Å²) in [6.07, 6.45) is -0.619. The smallest absolute Gasteiger partial charge is 0.407 e. The maximum absolute atomic E-state index is 12.6. The summed E-state index contributed by atoms with van der Waals surface area (Å²) < 4.78 is 5.52. The molecule has 1 aliphatic rings. The number of hydrogen-bond acceptors (Lipinski definition) is 3. The van der Waals surface area contributed by atoms with Gasteiger partial charge in [0.1, 0.15) is 12.6 Å². The van der Waals surface area contributed by atoms with Crippen LogP contribution in [0.15, 0.2) is 103 Å². The van der Waals surface area contributed by atoms with Gasteiger partial charge in [-0.2, -0.15) is 0 Å². The summed E-state index contributed by atoms with van der Waals surface area (Å²) in [4.78, 5) is 24.4. The van der Waals surface area contributed by atoms with E-state index in [1.54, 1.807) is 0 Å². The van der Waals surface area contributed by atoms with Crippen molar-refractivity contribution in [3.05, 3.63) is 131 Å². The van der Waals surface area contributed by atoms with Crippen molar-refractivity contribution in [2.45, 2.75) is 18.4 Å². The highest BCUT2D eigenvalue weighted by molar-refractivity contribution is 5.81. The zero-order valence-corrected chi connectivity index (χ0v) is 20.1. The molecule has 2 N–H and O–H groups in total. The molecule has 1 unspecified atom stereocenters. The van der Waals surface area contributed by atoms with Gasteiger partial charge in [-0.1, -0.05) is 90.7 Å². The second-order valence-electron chi connectivity index (χ2n) is 8.88. The van der Waals surface area contributed by atoms with Gasteiger partial charge in [0.15, 0.2) is 0 Å². The fourth-order valence-corrected chi connectivity index (χ4v) is 4.61. The number of rotatable bonds is 6. The number of nitrogens with one attached hydrogen (secondary N) is 1. The van der Waals surface area contributed by atoms with Crippen LogP contribution in [0, 0.1) is 11.8 Å². The lowest BCUT2D eigenvalue weighted by Gasteiger charge is -2.17. The Morgan fingerprint density at radius 2 is 1.30 bits per heavy atom. The zero-order valence-electron chi connectivity index (χ0n) is 20.1. The molecule has 5 heteroatoms. The molecule has 0 radical (unpaired) electrons. The lowest BCUT2D eigenvalue weighted by Crippen LogP contribution is -2.42. The van der Waals surface area contributed by atoms with Crippen LogP contribution in [0.2, 0.25) is 0 Å².